The average molecular weight is 264 g/mol. The molecule has 0 saturated carbocycles. The van der Waals surface area contributed by atoms with E-state index in [1.165, 1.54) is 11.8 Å². The largest absolute Gasteiger partial charge is 0.500 e. The van der Waals surface area contributed by atoms with Gasteiger partial charge >= 0.3 is 8.80 Å². The van der Waals surface area contributed by atoms with Crippen molar-refractivity contribution in [2.24, 2.45) is 0 Å². The van der Waals surface area contributed by atoms with Gasteiger partial charge in [0.15, 0.2) is 0 Å². The van der Waals surface area contributed by atoms with Crippen molar-refractivity contribution in [2.45, 2.75) is 19.4 Å². The monoisotopic (exact) mass is 264 g/mol. The Morgan fingerprint density at radius 2 is 1.81 bits per heavy atom. The summed E-state index contributed by atoms with van der Waals surface area (Å²) in [5, 5.41) is 0.0852. The molecular formula is C10H20O4SSi. The van der Waals surface area contributed by atoms with Crippen LogP contribution in [0.4, 0.5) is 0 Å². The van der Waals surface area contributed by atoms with Gasteiger partial charge < -0.3 is 13.3 Å². The van der Waals surface area contributed by atoms with E-state index in [0.717, 1.165) is 18.2 Å². The molecule has 0 aliphatic heterocycles. The standard InChI is InChI=1S/C10H20O4SSi/c1-5-7-10(11)15-8-6-9-16(12-2,13-3)14-4/h5,7H,6,8-9H2,1-4H3. The van der Waals surface area contributed by atoms with Crippen LogP contribution in [0.5, 0.6) is 0 Å². The second kappa shape index (κ2) is 8.95. The van der Waals surface area contributed by atoms with Crippen LogP contribution >= 0.6 is 11.8 Å². The average Bonchev–Trinajstić information content (AvgIpc) is 2.31. The number of hydrogen-bond acceptors (Lipinski definition) is 5. The molecule has 0 unspecified atom stereocenters. The third-order valence-corrected chi connectivity index (χ3v) is 5.85. The van der Waals surface area contributed by atoms with Gasteiger partial charge in [-0.3, -0.25) is 4.79 Å². The van der Waals surface area contributed by atoms with Crippen LogP contribution in [0.2, 0.25) is 6.04 Å². The van der Waals surface area contributed by atoms with Crippen molar-refractivity contribution in [2.75, 3.05) is 27.1 Å². The van der Waals surface area contributed by atoms with Gasteiger partial charge in [-0.05, 0) is 19.4 Å². The summed E-state index contributed by atoms with van der Waals surface area (Å²) in [7, 11) is 2.33. The Hall–Kier alpha value is -0.143. The first-order chi connectivity index (χ1) is 7.64. The first-order valence-electron chi connectivity index (χ1n) is 5.09. The lowest BCUT2D eigenvalue weighted by Gasteiger charge is -2.23. The Labute approximate surface area is 103 Å². The maximum Gasteiger partial charge on any atom is 0.500 e. The summed E-state index contributed by atoms with van der Waals surface area (Å²) in [4.78, 5) is 11.2. The van der Waals surface area contributed by atoms with Crippen LogP contribution in [0.25, 0.3) is 0 Å². The third-order valence-electron chi connectivity index (χ3n) is 2.11. The minimum atomic E-state index is -2.45. The molecule has 0 rings (SSSR count). The van der Waals surface area contributed by atoms with E-state index in [2.05, 4.69) is 0 Å². The smallest absolute Gasteiger partial charge is 0.377 e. The van der Waals surface area contributed by atoms with E-state index in [4.69, 9.17) is 13.3 Å². The van der Waals surface area contributed by atoms with E-state index in [9.17, 15) is 4.79 Å². The molecule has 94 valence electrons. The predicted molar refractivity (Wildman–Crippen MR) is 68.5 cm³/mol. The number of allylic oxidation sites excluding steroid dienone is 1. The van der Waals surface area contributed by atoms with Crippen molar-refractivity contribution < 1.29 is 18.1 Å². The Morgan fingerprint density at radius 1 is 1.25 bits per heavy atom. The molecule has 0 aliphatic rings. The molecule has 0 saturated heterocycles. The first-order valence-corrected chi connectivity index (χ1v) is 8.00. The predicted octanol–water partition coefficient (Wildman–Crippen LogP) is 2.09. The number of thioether (sulfide) groups is 1. The highest BCUT2D eigenvalue weighted by Gasteiger charge is 2.36. The molecule has 0 atom stereocenters. The molecule has 0 amide bonds. The van der Waals surface area contributed by atoms with Crippen LogP contribution in [0.15, 0.2) is 12.2 Å². The lowest BCUT2D eigenvalue weighted by atomic mass is 10.6. The molecule has 6 heteroatoms. The zero-order valence-corrected chi connectivity index (χ0v) is 12.1. The molecular weight excluding hydrogens is 244 g/mol. The van der Waals surface area contributed by atoms with E-state index in [1.807, 2.05) is 6.92 Å². The summed E-state index contributed by atoms with van der Waals surface area (Å²) in [5.41, 5.74) is 0. The number of carbonyl (C=O) groups is 1. The maximum absolute atomic E-state index is 11.2. The van der Waals surface area contributed by atoms with Crippen LogP contribution in [0.3, 0.4) is 0 Å². The molecule has 0 aromatic heterocycles. The summed E-state index contributed by atoms with van der Waals surface area (Å²) < 4.78 is 15.8. The molecule has 0 aromatic rings. The van der Waals surface area contributed by atoms with Crippen LogP contribution < -0.4 is 0 Å². The Kier molecular flexibility index (Phi) is 8.87. The molecule has 16 heavy (non-hydrogen) atoms. The van der Waals surface area contributed by atoms with Crippen LogP contribution in [-0.2, 0) is 18.1 Å². The third kappa shape index (κ3) is 5.81. The Bertz CT molecular complexity index is 221. The quantitative estimate of drug-likeness (QED) is 0.381. The van der Waals surface area contributed by atoms with E-state index in [-0.39, 0.29) is 5.12 Å². The van der Waals surface area contributed by atoms with Crippen LogP contribution in [0, 0.1) is 0 Å². The summed E-state index contributed by atoms with van der Waals surface area (Å²) in [6, 6.07) is 0.729. The van der Waals surface area contributed by atoms with Crippen LogP contribution in [-0.4, -0.2) is 41.0 Å². The summed E-state index contributed by atoms with van der Waals surface area (Å²) >= 11 is 1.30. The minimum Gasteiger partial charge on any atom is -0.377 e. The van der Waals surface area contributed by atoms with E-state index >= 15 is 0 Å². The number of carbonyl (C=O) groups excluding carboxylic acids is 1. The normalized spacial score (nSPS) is 12.2. The van der Waals surface area contributed by atoms with Crippen molar-refractivity contribution >= 4 is 25.7 Å². The fourth-order valence-corrected chi connectivity index (χ4v) is 3.90. The summed E-state index contributed by atoms with van der Waals surface area (Å²) in [5.74, 6) is 0.758. The van der Waals surface area contributed by atoms with Gasteiger partial charge in [-0.1, -0.05) is 17.8 Å². The van der Waals surface area contributed by atoms with Gasteiger partial charge in [0.1, 0.15) is 0 Å². The van der Waals surface area contributed by atoms with Gasteiger partial charge in [0, 0.05) is 33.1 Å². The fraction of sp³-hybridized carbons (Fsp3) is 0.700. The van der Waals surface area contributed by atoms with E-state index in [0.29, 0.717) is 0 Å². The zero-order valence-electron chi connectivity index (χ0n) is 10.3. The maximum atomic E-state index is 11.2. The van der Waals surface area contributed by atoms with Gasteiger partial charge in [-0.25, -0.2) is 0 Å². The van der Waals surface area contributed by atoms with E-state index < -0.39 is 8.80 Å². The van der Waals surface area contributed by atoms with Gasteiger partial charge in [-0.2, -0.15) is 0 Å². The summed E-state index contributed by atoms with van der Waals surface area (Å²) in [6.45, 7) is 1.83. The molecule has 0 N–H and O–H groups in total. The minimum absolute atomic E-state index is 0.0852. The highest BCUT2D eigenvalue weighted by Crippen LogP contribution is 2.17. The second-order valence-corrected chi connectivity index (χ2v) is 7.26. The fourth-order valence-electron chi connectivity index (χ4n) is 1.20. The molecule has 0 radical (unpaired) electrons. The highest BCUT2D eigenvalue weighted by atomic mass is 32.2. The Morgan fingerprint density at radius 3 is 2.25 bits per heavy atom. The van der Waals surface area contributed by atoms with Gasteiger partial charge in [0.05, 0.1) is 0 Å². The lowest BCUT2D eigenvalue weighted by molar-refractivity contribution is -0.107. The lowest BCUT2D eigenvalue weighted by Crippen LogP contribution is -2.42. The van der Waals surface area contributed by atoms with Gasteiger partial charge in [0.2, 0.25) is 5.12 Å². The summed E-state index contributed by atoms with van der Waals surface area (Å²) in [6.07, 6.45) is 4.15. The van der Waals surface area contributed by atoms with Crippen molar-refractivity contribution in [1.82, 2.24) is 0 Å². The zero-order chi connectivity index (χ0) is 12.4. The van der Waals surface area contributed by atoms with Gasteiger partial charge in [0.25, 0.3) is 0 Å². The topological polar surface area (TPSA) is 44.8 Å². The molecule has 0 spiro atoms. The van der Waals surface area contributed by atoms with Crippen molar-refractivity contribution in [3.63, 3.8) is 0 Å². The Balaban J connectivity index is 3.83. The molecule has 4 nitrogen and oxygen atoms in total. The number of rotatable bonds is 8. The molecule has 0 aromatic carbocycles. The van der Waals surface area contributed by atoms with Crippen molar-refractivity contribution in [3.8, 4) is 0 Å². The molecule has 0 heterocycles. The molecule has 0 bridgehead atoms. The molecule has 0 aliphatic carbocycles. The van der Waals surface area contributed by atoms with E-state index in [1.54, 1.807) is 33.5 Å². The number of hydrogen-bond donors (Lipinski definition) is 0. The SMILES string of the molecule is CC=CC(=O)SCCC[Si](OC)(OC)OC. The van der Waals surface area contributed by atoms with Crippen LogP contribution in [0.1, 0.15) is 13.3 Å². The first kappa shape index (κ1) is 15.9. The van der Waals surface area contributed by atoms with Gasteiger partial charge in [-0.15, -0.1) is 0 Å². The second-order valence-electron chi connectivity index (χ2n) is 3.07. The molecule has 0 fully saturated rings. The van der Waals surface area contributed by atoms with Crippen molar-refractivity contribution in [1.29, 1.82) is 0 Å². The highest BCUT2D eigenvalue weighted by molar-refractivity contribution is 8.14. The van der Waals surface area contributed by atoms with Crippen molar-refractivity contribution in [3.05, 3.63) is 12.2 Å².